The molecule has 0 spiro atoms. The summed E-state index contributed by atoms with van der Waals surface area (Å²) in [7, 11) is 0. The summed E-state index contributed by atoms with van der Waals surface area (Å²) in [6.45, 7) is 0.794. The fourth-order valence-electron chi connectivity index (χ4n) is 1.96. The minimum atomic E-state index is -0.976. The molecule has 0 aliphatic carbocycles. The van der Waals surface area contributed by atoms with Crippen LogP contribution in [0.15, 0.2) is 5.38 Å². The number of nitrogens with zero attached hydrogens (tertiary/aromatic N) is 2. The molecule has 0 unspecified atom stereocenters. The highest BCUT2D eigenvalue weighted by Gasteiger charge is 2.25. The van der Waals surface area contributed by atoms with Gasteiger partial charge >= 0.3 is 5.97 Å². The SMILES string of the molecule is Nc1nc(C(=O)N2CCC(OCC(=O)O)CC2)cs1. The average Bonchev–Trinajstić information content (AvgIpc) is 2.83. The van der Waals surface area contributed by atoms with E-state index in [1.54, 1.807) is 10.3 Å². The minimum Gasteiger partial charge on any atom is -0.480 e. The summed E-state index contributed by atoms with van der Waals surface area (Å²) >= 11 is 1.24. The monoisotopic (exact) mass is 285 g/mol. The quantitative estimate of drug-likeness (QED) is 0.831. The van der Waals surface area contributed by atoms with Gasteiger partial charge in [-0.15, -0.1) is 11.3 Å². The Bertz CT molecular complexity index is 468. The van der Waals surface area contributed by atoms with Gasteiger partial charge < -0.3 is 20.5 Å². The summed E-state index contributed by atoms with van der Waals surface area (Å²) in [5.41, 5.74) is 5.86. The fourth-order valence-corrected chi connectivity index (χ4v) is 2.50. The van der Waals surface area contributed by atoms with E-state index in [1.165, 1.54) is 11.3 Å². The molecule has 104 valence electrons. The summed E-state index contributed by atoms with van der Waals surface area (Å²) < 4.78 is 5.21. The number of carboxylic acids is 1. The molecule has 0 saturated carbocycles. The van der Waals surface area contributed by atoms with E-state index in [1.807, 2.05) is 0 Å². The Morgan fingerprint density at radius 1 is 1.53 bits per heavy atom. The number of likely N-dealkylation sites (tertiary alicyclic amines) is 1. The van der Waals surface area contributed by atoms with E-state index in [2.05, 4.69) is 4.98 Å². The number of hydrogen-bond donors (Lipinski definition) is 2. The number of ether oxygens (including phenoxy) is 1. The van der Waals surface area contributed by atoms with Crippen molar-refractivity contribution in [2.24, 2.45) is 0 Å². The fraction of sp³-hybridized carbons (Fsp3) is 0.545. The maximum atomic E-state index is 12.1. The predicted molar refractivity (Wildman–Crippen MR) is 69.0 cm³/mol. The van der Waals surface area contributed by atoms with E-state index in [-0.39, 0.29) is 18.6 Å². The van der Waals surface area contributed by atoms with E-state index in [9.17, 15) is 9.59 Å². The first-order valence-corrected chi connectivity index (χ1v) is 6.78. The Morgan fingerprint density at radius 3 is 2.74 bits per heavy atom. The van der Waals surface area contributed by atoms with Crippen molar-refractivity contribution in [1.29, 1.82) is 0 Å². The van der Waals surface area contributed by atoms with Gasteiger partial charge in [0, 0.05) is 18.5 Å². The molecule has 1 fully saturated rings. The summed E-state index contributed by atoms with van der Waals surface area (Å²) in [5, 5.41) is 10.5. The van der Waals surface area contributed by atoms with Crippen molar-refractivity contribution in [2.45, 2.75) is 18.9 Å². The van der Waals surface area contributed by atoms with E-state index in [0.717, 1.165) is 0 Å². The van der Waals surface area contributed by atoms with Gasteiger partial charge in [-0.3, -0.25) is 4.79 Å². The van der Waals surface area contributed by atoms with Crippen LogP contribution in [-0.2, 0) is 9.53 Å². The van der Waals surface area contributed by atoms with Gasteiger partial charge in [-0.2, -0.15) is 0 Å². The lowest BCUT2D eigenvalue weighted by atomic mass is 10.1. The molecule has 8 heteroatoms. The highest BCUT2D eigenvalue weighted by molar-refractivity contribution is 7.13. The van der Waals surface area contributed by atoms with Gasteiger partial charge in [0.2, 0.25) is 0 Å². The van der Waals surface area contributed by atoms with Gasteiger partial charge in [0.25, 0.3) is 5.91 Å². The number of thiazole rings is 1. The third-order valence-corrected chi connectivity index (χ3v) is 3.59. The number of nitrogens with two attached hydrogens (primary N) is 1. The van der Waals surface area contributed by atoms with Crippen LogP contribution in [-0.4, -0.2) is 52.7 Å². The summed E-state index contributed by atoms with van der Waals surface area (Å²) in [4.78, 5) is 28.1. The third kappa shape index (κ3) is 3.65. The maximum Gasteiger partial charge on any atom is 0.329 e. The Morgan fingerprint density at radius 2 is 2.21 bits per heavy atom. The number of carboxylic acid groups (broad SMARTS) is 1. The second-order valence-electron chi connectivity index (χ2n) is 4.27. The van der Waals surface area contributed by atoms with E-state index in [0.29, 0.717) is 36.8 Å². The molecule has 1 aliphatic rings. The second kappa shape index (κ2) is 5.98. The molecule has 3 N–H and O–H groups in total. The van der Waals surface area contributed by atoms with Gasteiger partial charge in [-0.1, -0.05) is 0 Å². The van der Waals surface area contributed by atoms with Gasteiger partial charge in [-0.25, -0.2) is 9.78 Å². The molecule has 1 aromatic rings. The zero-order chi connectivity index (χ0) is 13.8. The van der Waals surface area contributed by atoms with E-state index in [4.69, 9.17) is 15.6 Å². The first-order chi connectivity index (χ1) is 9.06. The van der Waals surface area contributed by atoms with Crippen molar-refractivity contribution in [1.82, 2.24) is 9.88 Å². The molecular weight excluding hydrogens is 270 g/mol. The standard InChI is InChI=1S/C11H15N3O4S/c12-11-13-8(6-19-11)10(17)14-3-1-7(2-4-14)18-5-9(15)16/h6-7H,1-5H2,(H2,12,13)(H,15,16). The number of rotatable bonds is 4. The molecular formula is C11H15N3O4S. The number of amides is 1. The summed E-state index contributed by atoms with van der Waals surface area (Å²) in [6.07, 6.45) is 1.18. The predicted octanol–water partition coefficient (Wildman–Crippen LogP) is 0.431. The van der Waals surface area contributed by atoms with Crippen molar-refractivity contribution in [3.8, 4) is 0 Å². The first kappa shape index (κ1) is 13.8. The van der Waals surface area contributed by atoms with Crippen LogP contribution in [0.2, 0.25) is 0 Å². The molecule has 1 amide bonds. The van der Waals surface area contributed by atoms with Crippen molar-refractivity contribution < 1.29 is 19.4 Å². The van der Waals surface area contributed by atoms with E-state index >= 15 is 0 Å². The number of aliphatic carboxylic acids is 1. The molecule has 0 radical (unpaired) electrons. The Balaban J connectivity index is 1.83. The van der Waals surface area contributed by atoms with Crippen molar-refractivity contribution in [2.75, 3.05) is 25.4 Å². The highest BCUT2D eigenvalue weighted by atomic mass is 32.1. The van der Waals surface area contributed by atoms with Gasteiger partial charge in [0.1, 0.15) is 12.3 Å². The second-order valence-corrected chi connectivity index (χ2v) is 5.16. The van der Waals surface area contributed by atoms with Crippen LogP contribution in [0.25, 0.3) is 0 Å². The van der Waals surface area contributed by atoms with Crippen LogP contribution < -0.4 is 5.73 Å². The summed E-state index contributed by atoms with van der Waals surface area (Å²) in [6, 6.07) is 0. The zero-order valence-electron chi connectivity index (χ0n) is 10.2. The normalized spacial score (nSPS) is 16.5. The third-order valence-electron chi connectivity index (χ3n) is 2.91. The molecule has 2 rings (SSSR count). The number of aromatic nitrogens is 1. The van der Waals surface area contributed by atoms with Crippen LogP contribution in [0, 0.1) is 0 Å². The highest BCUT2D eigenvalue weighted by Crippen LogP contribution is 2.18. The smallest absolute Gasteiger partial charge is 0.329 e. The van der Waals surface area contributed by atoms with Crippen LogP contribution in [0.4, 0.5) is 5.13 Å². The van der Waals surface area contributed by atoms with Gasteiger partial charge in [0.15, 0.2) is 5.13 Å². The van der Waals surface area contributed by atoms with Crippen molar-refractivity contribution in [3.63, 3.8) is 0 Å². The number of nitrogen functional groups attached to an aromatic ring is 1. The molecule has 19 heavy (non-hydrogen) atoms. The number of carbonyl (C=O) groups is 2. The molecule has 7 nitrogen and oxygen atoms in total. The molecule has 0 bridgehead atoms. The number of hydrogen-bond acceptors (Lipinski definition) is 6. The largest absolute Gasteiger partial charge is 0.480 e. The Labute approximate surface area is 114 Å². The number of piperidine rings is 1. The molecule has 1 aliphatic heterocycles. The van der Waals surface area contributed by atoms with E-state index < -0.39 is 5.97 Å². The molecule has 0 atom stereocenters. The van der Waals surface area contributed by atoms with Crippen molar-refractivity contribution >= 4 is 28.3 Å². The zero-order valence-corrected chi connectivity index (χ0v) is 11.1. The number of anilines is 1. The average molecular weight is 285 g/mol. The lowest BCUT2D eigenvalue weighted by Gasteiger charge is -2.31. The topological polar surface area (TPSA) is 106 Å². The lowest BCUT2D eigenvalue weighted by Crippen LogP contribution is -2.41. The molecule has 1 saturated heterocycles. The van der Waals surface area contributed by atoms with Crippen LogP contribution in [0.3, 0.4) is 0 Å². The first-order valence-electron chi connectivity index (χ1n) is 5.90. The Kier molecular flexibility index (Phi) is 4.33. The lowest BCUT2D eigenvalue weighted by molar-refractivity contribution is -0.145. The van der Waals surface area contributed by atoms with Crippen LogP contribution in [0.1, 0.15) is 23.3 Å². The maximum absolute atomic E-state index is 12.1. The van der Waals surface area contributed by atoms with Crippen LogP contribution >= 0.6 is 11.3 Å². The minimum absolute atomic E-state index is 0.0966. The molecule has 0 aromatic carbocycles. The van der Waals surface area contributed by atoms with Crippen molar-refractivity contribution in [3.05, 3.63) is 11.1 Å². The van der Waals surface area contributed by atoms with Gasteiger partial charge in [-0.05, 0) is 12.8 Å². The molecule has 2 heterocycles. The Hall–Kier alpha value is -1.67. The number of carbonyl (C=O) groups excluding carboxylic acids is 1. The molecule has 1 aromatic heterocycles. The summed E-state index contributed by atoms with van der Waals surface area (Å²) in [5.74, 6) is -1.11. The van der Waals surface area contributed by atoms with Gasteiger partial charge in [0.05, 0.1) is 6.10 Å². The van der Waals surface area contributed by atoms with Crippen LogP contribution in [0.5, 0.6) is 0 Å².